The monoisotopic (exact) mass is 474 g/mol. The molecule has 0 N–H and O–H groups in total. The van der Waals surface area contributed by atoms with E-state index in [1.165, 1.54) is 33.4 Å². The maximum atomic E-state index is 7.09. The van der Waals surface area contributed by atoms with Gasteiger partial charge in [0, 0.05) is 22.4 Å². The van der Waals surface area contributed by atoms with E-state index in [-0.39, 0.29) is 0 Å². The Balaban J connectivity index is 1.53. The van der Waals surface area contributed by atoms with Gasteiger partial charge in [0.05, 0.1) is 0 Å². The molecule has 8 rings (SSSR count). The Hall–Kier alpha value is -4.76. The van der Waals surface area contributed by atoms with Crippen LogP contribution in [0.4, 0.5) is 0 Å². The van der Waals surface area contributed by atoms with Crippen LogP contribution in [0.25, 0.3) is 27.8 Å². The number of aromatic nitrogens is 1. The molecule has 5 aromatic rings. The summed E-state index contributed by atoms with van der Waals surface area (Å²) in [6, 6.07) is 40.4. The SMILES string of the molecule is Cc1cccc(C2=NC(=C3c4ccccc4-c4ccccc43)C3(O2)c2ccccc2-c2ccccc23)n1. The van der Waals surface area contributed by atoms with E-state index in [1.54, 1.807) is 0 Å². The van der Waals surface area contributed by atoms with E-state index < -0.39 is 5.60 Å². The predicted molar refractivity (Wildman–Crippen MR) is 147 cm³/mol. The van der Waals surface area contributed by atoms with Gasteiger partial charge in [-0.1, -0.05) is 103 Å². The van der Waals surface area contributed by atoms with Crippen LogP contribution in [0.15, 0.2) is 126 Å². The van der Waals surface area contributed by atoms with E-state index in [0.717, 1.165) is 33.8 Å². The lowest BCUT2D eigenvalue weighted by Gasteiger charge is -2.29. The molecule has 0 unspecified atom stereocenters. The predicted octanol–water partition coefficient (Wildman–Crippen LogP) is 7.53. The highest BCUT2D eigenvalue weighted by Crippen LogP contribution is 2.60. The molecular formula is C34H22N2O. The minimum absolute atomic E-state index is 0.555. The molecule has 1 aromatic heterocycles. The minimum atomic E-state index is -0.867. The number of rotatable bonds is 1. The van der Waals surface area contributed by atoms with E-state index >= 15 is 0 Å². The Morgan fingerprint density at radius 3 is 1.62 bits per heavy atom. The first-order chi connectivity index (χ1) is 18.3. The molecule has 0 bridgehead atoms. The van der Waals surface area contributed by atoms with Crippen molar-refractivity contribution < 1.29 is 4.74 Å². The molecule has 2 aliphatic carbocycles. The minimum Gasteiger partial charge on any atom is -0.453 e. The van der Waals surface area contributed by atoms with Crippen molar-refractivity contribution in [3.8, 4) is 22.3 Å². The highest BCUT2D eigenvalue weighted by Gasteiger charge is 2.54. The van der Waals surface area contributed by atoms with Gasteiger partial charge in [-0.25, -0.2) is 9.98 Å². The first-order valence-electron chi connectivity index (χ1n) is 12.6. The number of benzene rings is 4. The van der Waals surface area contributed by atoms with E-state index in [9.17, 15) is 0 Å². The second-order valence-corrected chi connectivity index (χ2v) is 9.77. The van der Waals surface area contributed by atoms with E-state index in [2.05, 4.69) is 97.1 Å². The van der Waals surface area contributed by atoms with Gasteiger partial charge in [-0.2, -0.15) is 0 Å². The molecule has 1 aliphatic heterocycles. The molecule has 0 fully saturated rings. The number of aliphatic imine (C=N–C) groups is 1. The van der Waals surface area contributed by atoms with Crippen LogP contribution in [-0.4, -0.2) is 10.9 Å². The lowest BCUT2D eigenvalue weighted by molar-refractivity contribution is 0.162. The molecule has 3 aliphatic rings. The van der Waals surface area contributed by atoms with Gasteiger partial charge < -0.3 is 4.74 Å². The summed E-state index contributed by atoms with van der Waals surface area (Å²) in [5.41, 5.74) is 12.3. The maximum absolute atomic E-state index is 7.09. The Labute approximate surface area is 215 Å². The van der Waals surface area contributed by atoms with E-state index in [1.807, 2.05) is 25.1 Å². The first kappa shape index (κ1) is 20.4. The molecule has 174 valence electrons. The van der Waals surface area contributed by atoms with Crippen LogP contribution in [0.5, 0.6) is 0 Å². The van der Waals surface area contributed by atoms with Gasteiger partial charge in [0.25, 0.3) is 0 Å². The van der Waals surface area contributed by atoms with Crippen molar-refractivity contribution in [2.24, 2.45) is 4.99 Å². The second kappa shape index (κ2) is 7.37. The lowest BCUT2D eigenvalue weighted by Crippen LogP contribution is -2.29. The number of nitrogens with zero attached hydrogens (tertiary/aromatic N) is 2. The van der Waals surface area contributed by atoms with Crippen molar-refractivity contribution >= 4 is 11.5 Å². The number of aryl methyl sites for hydroxylation is 1. The zero-order chi connectivity index (χ0) is 24.6. The average Bonchev–Trinajstić information content (AvgIpc) is 3.59. The molecule has 37 heavy (non-hydrogen) atoms. The number of pyridine rings is 1. The number of ether oxygens (including phenoxy) is 1. The third-order valence-electron chi connectivity index (χ3n) is 7.73. The Morgan fingerprint density at radius 2 is 1.05 bits per heavy atom. The van der Waals surface area contributed by atoms with Crippen LogP contribution >= 0.6 is 0 Å². The van der Waals surface area contributed by atoms with Gasteiger partial charge in [-0.15, -0.1) is 0 Å². The smallest absolute Gasteiger partial charge is 0.242 e. The summed E-state index contributed by atoms with van der Waals surface area (Å²) in [4.78, 5) is 10.1. The van der Waals surface area contributed by atoms with Crippen LogP contribution in [-0.2, 0) is 10.3 Å². The highest BCUT2D eigenvalue weighted by atomic mass is 16.5. The normalized spacial score (nSPS) is 15.6. The molecule has 2 heterocycles. The number of hydrogen-bond acceptors (Lipinski definition) is 3. The quantitative estimate of drug-likeness (QED) is 0.247. The van der Waals surface area contributed by atoms with Crippen LogP contribution in [0.1, 0.15) is 33.6 Å². The van der Waals surface area contributed by atoms with Gasteiger partial charge in [0.1, 0.15) is 11.4 Å². The van der Waals surface area contributed by atoms with Gasteiger partial charge >= 0.3 is 0 Å². The van der Waals surface area contributed by atoms with Gasteiger partial charge in [-0.3, -0.25) is 0 Å². The molecule has 0 atom stereocenters. The standard InChI is InChI=1S/C34H22N2O/c1-21-11-10-20-30(35-21)33-36-32(31-26-16-4-2-12-22(26)23-13-3-5-17-27(23)31)34(37-33)28-18-8-6-14-24(28)25-15-7-9-19-29(25)34/h2-20H,1H3. The van der Waals surface area contributed by atoms with Crippen molar-refractivity contribution in [2.75, 3.05) is 0 Å². The van der Waals surface area contributed by atoms with Gasteiger partial charge in [0.15, 0.2) is 0 Å². The summed E-state index contributed by atoms with van der Waals surface area (Å²) in [5, 5.41) is 0. The first-order valence-corrected chi connectivity index (χ1v) is 12.6. The summed E-state index contributed by atoms with van der Waals surface area (Å²) in [7, 11) is 0. The molecule has 4 aromatic carbocycles. The Bertz CT molecular complexity index is 1730. The van der Waals surface area contributed by atoms with Crippen molar-refractivity contribution in [3.63, 3.8) is 0 Å². The third kappa shape index (κ3) is 2.66. The van der Waals surface area contributed by atoms with Crippen LogP contribution in [0, 0.1) is 6.92 Å². The summed E-state index contributed by atoms with van der Waals surface area (Å²) in [6.45, 7) is 2.00. The summed E-state index contributed by atoms with van der Waals surface area (Å²) in [6.07, 6.45) is 0. The van der Waals surface area contributed by atoms with Crippen LogP contribution in [0.3, 0.4) is 0 Å². The Kier molecular flexibility index (Phi) is 4.07. The van der Waals surface area contributed by atoms with Gasteiger partial charge in [-0.05, 0) is 52.4 Å². The molecular weight excluding hydrogens is 452 g/mol. The second-order valence-electron chi connectivity index (χ2n) is 9.77. The van der Waals surface area contributed by atoms with Crippen molar-refractivity contribution in [1.29, 1.82) is 0 Å². The molecule has 0 amide bonds. The fourth-order valence-electron chi connectivity index (χ4n) is 6.23. The molecule has 0 radical (unpaired) electrons. The zero-order valence-corrected chi connectivity index (χ0v) is 20.3. The topological polar surface area (TPSA) is 34.5 Å². The average molecular weight is 475 g/mol. The van der Waals surface area contributed by atoms with Crippen molar-refractivity contribution in [1.82, 2.24) is 4.98 Å². The molecule has 0 saturated heterocycles. The summed E-state index contributed by atoms with van der Waals surface area (Å²) in [5.74, 6) is 0.555. The number of fused-ring (bicyclic) bond motifs is 8. The maximum Gasteiger partial charge on any atom is 0.242 e. The molecule has 0 saturated carbocycles. The van der Waals surface area contributed by atoms with Crippen LogP contribution in [0.2, 0.25) is 0 Å². The fraction of sp³-hybridized carbons (Fsp3) is 0.0588. The van der Waals surface area contributed by atoms with Crippen molar-refractivity contribution in [2.45, 2.75) is 12.5 Å². The van der Waals surface area contributed by atoms with Crippen molar-refractivity contribution in [3.05, 3.63) is 155 Å². The largest absolute Gasteiger partial charge is 0.453 e. The Morgan fingerprint density at radius 1 is 0.541 bits per heavy atom. The number of hydrogen-bond donors (Lipinski definition) is 0. The zero-order valence-electron chi connectivity index (χ0n) is 20.3. The van der Waals surface area contributed by atoms with Gasteiger partial charge in [0.2, 0.25) is 11.5 Å². The third-order valence-corrected chi connectivity index (χ3v) is 7.73. The highest BCUT2D eigenvalue weighted by molar-refractivity contribution is 6.06. The van der Waals surface area contributed by atoms with E-state index in [4.69, 9.17) is 14.7 Å². The van der Waals surface area contributed by atoms with Crippen LogP contribution < -0.4 is 0 Å². The lowest BCUT2D eigenvalue weighted by atomic mass is 9.84. The summed E-state index contributed by atoms with van der Waals surface area (Å²) < 4.78 is 7.09. The van der Waals surface area contributed by atoms with E-state index in [0.29, 0.717) is 5.90 Å². The summed E-state index contributed by atoms with van der Waals surface area (Å²) >= 11 is 0. The molecule has 3 heteroatoms. The molecule has 3 nitrogen and oxygen atoms in total. The molecule has 1 spiro atoms. The fourth-order valence-corrected chi connectivity index (χ4v) is 6.23.